The van der Waals surface area contributed by atoms with E-state index in [1.54, 1.807) is 12.1 Å². The summed E-state index contributed by atoms with van der Waals surface area (Å²) in [5, 5.41) is 6.07. The molecule has 2 fully saturated rings. The molecule has 0 bridgehead atoms. The molecule has 25 heavy (non-hydrogen) atoms. The summed E-state index contributed by atoms with van der Waals surface area (Å²) in [7, 11) is 0. The Balaban J connectivity index is 1.42. The fourth-order valence-corrected chi connectivity index (χ4v) is 3.24. The fourth-order valence-electron chi connectivity index (χ4n) is 3.24. The number of ether oxygens (including phenoxy) is 1. The van der Waals surface area contributed by atoms with Crippen LogP contribution in [0.5, 0.6) is 0 Å². The minimum absolute atomic E-state index is 0.00412. The quantitative estimate of drug-likeness (QED) is 0.838. The van der Waals surface area contributed by atoms with Crippen molar-refractivity contribution in [3.05, 3.63) is 35.6 Å². The van der Waals surface area contributed by atoms with Gasteiger partial charge in [0, 0.05) is 32.1 Å². The van der Waals surface area contributed by atoms with Crippen molar-refractivity contribution in [3.63, 3.8) is 0 Å². The van der Waals surface area contributed by atoms with Crippen LogP contribution >= 0.6 is 0 Å². The van der Waals surface area contributed by atoms with Gasteiger partial charge in [0.25, 0.3) is 0 Å². The average molecular weight is 349 g/mol. The molecule has 6 nitrogen and oxygen atoms in total. The highest BCUT2D eigenvalue weighted by molar-refractivity contribution is 5.83. The number of amides is 2. The molecule has 0 saturated carbocycles. The second-order valence-corrected chi connectivity index (χ2v) is 6.53. The molecule has 0 spiro atoms. The molecule has 2 aliphatic heterocycles. The average Bonchev–Trinajstić information content (AvgIpc) is 2.67. The van der Waals surface area contributed by atoms with Gasteiger partial charge in [-0.2, -0.15) is 0 Å². The molecule has 0 aromatic heterocycles. The summed E-state index contributed by atoms with van der Waals surface area (Å²) in [4.78, 5) is 26.5. The lowest BCUT2D eigenvalue weighted by atomic mass is 9.95. The molecule has 2 heterocycles. The van der Waals surface area contributed by atoms with Crippen LogP contribution in [0.1, 0.15) is 18.4 Å². The van der Waals surface area contributed by atoms with E-state index >= 15 is 0 Å². The normalized spacial score (nSPS) is 21.8. The topological polar surface area (TPSA) is 70.7 Å². The van der Waals surface area contributed by atoms with Gasteiger partial charge in [0.05, 0.1) is 13.2 Å². The van der Waals surface area contributed by atoms with Crippen LogP contribution in [0.3, 0.4) is 0 Å². The third-order valence-corrected chi connectivity index (χ3v) is 4.78. The fraction of sp³-hybridized carbons (Fsp3) is 0.556. The van der Waals surface area contributed by atoms with E-state index in [0.29, 0.717) is 52.2 Å². The van der Waals surface area contributed by atoms with Crippen LogP contribution in [0.4, 0.5) is 4.39 Å². The molecule has 0 radical (unpaired) electrons. The zero-order chi connectivity index (χ0) is 17.6. The van der Waals surface area contributed by atoms with E-state index in [1.807, 2.05) is 4.90 Å². The van der Waals surface area contributed by atoms with Crippen molar-refractivity contribution in [2.45, 2.75) is 25.4 Å². The van der Waals surface area contributed by atoms with E-state index in [1.165, 1.54) is 12.1 Å². The summed E-state index contributed by atoms with van der Waals surface area (Å²) in [5.41, 5.74) is 0.866. The number of piperidine rings is 1. The number of nitrogens with zero attached hydrogens (tertiary/aromatic N) is 1. The first-order valence-electron chi connectivity index (χ1n) is 8.75. The maximum atomic E-state index is 12.9. The number of halogens is 1. The summed E-state index contributed by atoms with van der Waals surface area (Å²) in [6, 6.07) is 5.83. The van der Waals surface area contributed by atoms with Gasteiger partial charge in [-0.25, -0.2) is 4.39 Å². The van der Waals surface area contributed by atoms with E-state index in [-0.39, 0.29) is 29.6 Å². The molecule has 1 unspecified atom stereocenters. The van der Waals surface area contributed by atoms with E-state index in [0.717, 1.165) is 5.56 Å². The highest BCUT2D eigenvalue weighted by atomic mass is 19.1. The second kappa shape index (κ2) is 8.40. The first kappa shape index (κ1) is 17.8. The molecular weight excluding hydrogens is 325 g/mol. The number of hydrogen-bond acceptors (Lipinski definition) is 4. The Morgan fingerprint density at radius 1 is 1.24 bits per heavy atom. The molecule has 136 valence electrons. The Labute approximate surface area is 146 Å². The van der Waals surface area contributed by atoms with Gasteiger partial charge in [-0.15, -0.1) is 0 Å². The van der Waals surface area contributed by atoms with E-state index in [4.69, 9.17) is 4.74 Å². The van der Waals surface area contributed by atoms with Gasteiger partial charge in [0.15, 0.2) is 0 Å². The smallest absolute Gasteiger partial charge is 0.242 e. The van der Waals surface area contributed by atoms with Crippen molar-refractivity contribution in [2.24, 2.45) is 5.92 Å². The first-order valence-corrected chi connectivity index (χ1v) is 8.75. The molecule has 1 aromatic rings. The minimum Gasteiger partial charge on any atom is -0.378 e. The zero-order valence-electron chi connectivity index (χ0n) is 14.2. The lowest BCUT2D eigenvalue weighted by molar-refractivity contribution is -0.139. The van der Waals surface area contributed by atoms with Crippen LogP contribution in [0.2, 0.25) is 0 Å². The molecule has 1 aromatic carbocycles. The van der Waals surface area contributed by atoms with E-state index in [2.05, 4.69) is 10.6 Å². The Morgan fingerprint density at radius 3 is 2.60 bits per heavy atom. The number of carbonyl (C=O) groups is 2. The van der Waals surface area contributed by atoms with Crippen molar-refractivity contribution < 1.29 is 18.7 Å². The van der Waals surface area contributed by atoms with Gasteiger partial charge in [-0.05, 0) is 30.5 Å². The molecule has 3 rings (SSSR count). The number of morpholine rings is 1. The number of nitrogens with one attached hydrogen (secondary N) is 2. The highest BCUT2D eigenvalue weighted by Crippen LogP contribution is 2.18. The number of carbonyl (C=O) groups excluding carboxylic acids is 2. The minimum atomic E-state index is -0.287. The van der Waals surface area contributed by atoms with Crippen molar-refractivity contribution in [1.29, 1.82) is 0 Å². The lowest BCUT2D eigenvalue weighted by Gasteiger charge is -2.35. The zero-order valence-corrected chi connectivity index (χ0v) is 14.2. The maximum Gasteiger partial charge on any atom is 0.242 e. The maximum absolute atomic E-state index is 12.9. The van der Waals surface area contributed by atoms with Crippen LogP contribution < -0.4 is 10.6 Å². The van der Waals surface area contributed by atoms with Crippen molar-refractivity contribution in [1.82, 2.24) is 15.5 Å². The Bertz CT molecular complexity index is 594. The van der Waals surface area contributed by atoms with Crippen LogP contribution in [0.25, 0.3) is 0 Å². The van der Waals surface area contributed by atoms with Crippen molar-refractivity contribution in [3.8, 4) is 0 Å². The van der Waals surface area contributed by atoms with E-state index in [9.17, 15) is 14.0 Å². The Morgan fingerprint density at radius 2 is 1.96 bits per heavy atom. The largest absolute Gasteiger partial charge is 0.378 e. The van der Waals surface area contributed by atoms with E-state index < -0.39 is 0 Å². The predicted octanol–water partition coefficient (Wildman–Crippen LogP) is 0.669. The number of hydrogen-bond donors (Lipinski definition) is 2. The standard InChI is InChI=1S/C18H24FN3O3/c19-15-3-1-13(2-4-15)11-21-17(23)14-5-8-22(9-6-14)18(24)16-12-25-10-7-20-16/h1-4,14,16,20H,5-12H2,(H,21,23). The second-order valence-electron chi connectivity index (χ2n) is 6.53. The molecule has 7 heteroatoms. The summed E-state index contributed by atoms with van der Waals surface area (Å²) < 4.78 is 18.2. The SMILES string of the molecule is O=C(NCc1ccc(F)cc1)C1CCN(C(=O)C2COCCN2)CC1. The number of rotatable bonds is 4. The summed E-state index contributed by atoms with van der Waals surface area (Å²) in [6.45, 7) is 3.31. The van der Waals surface area contributed by atoms with Crippen molar-refractivity contribution >= 4 is 11.8 Å². The van der Waals surface area contributed by atoms with Gasteiger partial charge in [0.1, 0.15) is 11.9 Å². The molecule has 2 saturated heterocycles. The van der Waals surface area contributed by atoms with Gasteiger partial charge in [-0.1, -0.05) is 12.1 Å². The van der Waals surface area contributed by atoms with Crippen LogP contribution in [0.15, 0.2) is 24.3 Å². The molecule has 1 atom stereocenters. The summed E-state index contributed by atoms with van der Waals surface area (Å²) in [5.74, 6) is -0.314. The predicted molar refractivity (Wildman–Crippen MR) is 90.2 cm³/mol. The number of likely N-dealkylation sites (tertiary alicyclic amines) is 1. The first-order chi connectivity index (χ1) is 12.1. The molecular formula is C18H24FN3O3. The Hall–Kier alpha value is -1.99. The van der Waals surface area contributed by atoms with Crippen LogP contribution in [-0.2, 0) is 20.9 Å². The van der Waals surface area contributed by atoms with Crippen LogP contribution in [-0.4, -0.2) is 55.6 Å². The summed E-state index contributed by atoms with van der Waals surface area (Å²) in [6.07, 6.45) is 1.32. The molecule has 2 amide bonds. The van der Waals surface area contributed by atoms with Crippen molar-refractivity contribution in [2.75, 3.05) is 32.8 Å². The lowest BCUT2D eigenvalue weighted by Crippen LogP contribution is -2.54. The third-order valence-electron chi connectivity index (χ3n) is 4.78. The molecule has 2 N–H and O–H groups in total. The van der Waals surface area contributed by atoms with Gasteiger partial charge in [0.2, 0.25) is 11.8 Å². The molecule has 2 aliphatic rings. The highest BCUT2D eigenvalue weighted by Gasteiger charge is 2.31. The monoisotopic (exact) mass is 349 g/mol. The summed E-state index contributed by atoms with van der Waals surface area (Å²) >= 11 is 0. The van der Waals surface area contributed by atoms with Crippen LogP contribution in [0, 0.1) is 11.7 Å². The Kier molecular flexibility index (Phi) is 5.99. The number of benzene rings is 1. The van der Waals surface area contributed by atoms with Gasteiger partial charge in [-0.3, -0.25) is 9.59 Å². The third kappa shape index (κ3) is 4.76. The van der Waals surface area contributed by atoms with Gasteiger partial charge < -0.3 is 20.3 Å². The molecule has 0 aliphatic carbocycles. The van der Waals surface area contributed by atoms with Gasteiger partial charge >= 0.3 is 0 Å².